The third kappa shape index (κ3) is 4.54. The van der Waals surface area contributed by atoms with E-state index in [2.05, 4.69) is 40.3 Å². The van der Waals surface area contributed by atoms with E-state index in [1.807, 2.05) is 18.2 Å². The standard InChI is InChI=1S/C19H24N4O2/c1-13-11-23(12-14(13)2)9-8-15-4-3-5-16(10-15)20-19(25)17-6-7-18(24)22-21-17/h3-7,10,13-14H,8-9,11-12H2,1-2H3,(H,20,25)(H,22,24)/t13-,14-/m0/s1. The molecule has 1 amide bonds. The van der Waals surface area contributed by atoms with Crippen LogP contribution >= 0.6 is 0 Å². The van der Waals surface area contributed by atoms with Gasteiger partial charge < -0.3 is 10.2 Å². The molecule has 2 aromatic rings. The highest BCUT2D eigenvalue weighted by atomic mass is 16.2. The van der Waals surface area contributed by atoms with Crippen LogP contribution in [-0.4, -0.2) is 40.6 Å². The zero-order valence-electron chi connectivity index (χ0n) is 14.7. The third-order valence-corrected chi connectivity index (χ3v) is 4.88. The molecule has 1 fully saturated rings. The minimum Gasteiger partial charge on any atom is -0.321 e. The SMILES string of the molecule is C[C@H]1CN(CCc2cccc(NC(=O)c3ccc(=O)[nH]n3)c2)C[C@@H]1C. The molecule has 6 heteroatoms. The van der Waals surface area contributed by atoms with Crippen LogP contribution in [0.15, 0.2) is 41.2 Å². The van der Waals surface area contributed by atoms with Gasteiger partial charge in [-0.05, 0) is 42.0 Å². The summed E-state index contributed by atoms with van der Waals surface area (Å²) < 4.78 is 0. The van der Waals surface area contributed by atoms with Gasteiger partial charge in [0.15, 0.2) is 0 Å². The highest BCUT2D eigenvalue weighted by Gasteiger charge is 2.25. The van der Waals surface area contributed by atoms with E-state index < -0.39 is 0 Å². The molecule has 0 bridgehead atoms. The van der Waals surface area contributed by atoms with Crippen molar-refractivity contribution in [2.24, 2.45) is 11.8 Å². The van der Waals surface area contributed by atoms with E-state index in [1.54, 1.807) is 0 Å². The van der Waals surface area contributed by atoms with Crippen molar-refractivity contribution in [1.82, 2.24) is 15.1 Å². The number of carbonyl (C=O) groups is 1. The van der Waals surface area contributed by atoms with Gasteiger partial charge in [-0.15, -0.1) is 0 Å². The molecule has 2 atom stereocenters. The van der Waals surface area contributed by atoms with Crippen molar-refractivity contribution >= 4 is 11.6 Å². The van der Waals surface area contributed by atoms with Crippen molar-refractivity contribution in [1.29, 1.82) is 0 Å². The first-order valence-corrected chi connectivity index (χ1v) is 8.69. The van der Waals surface area contributed by atoms with Crippen LogP contribution in [0.1, 0.15) is 29.9 Å². The molecule has 1 aliphatic heterocycles. The second-order valence-corrected chi connectivity index (χ2v) is 6.93. The first kappa shape index (κ1) is 17.4. The maximum Gasteiger partial charge on any atom is 0.276 e. The smallest absolute Gasteiger partial charge is 0.276 e. The summed E-state index contributed by atoms with van der Waals surface area (Å²) >= 11 is 0. The molecule has 132 valence electrons. The largest absolute Gasteiger partial charge is 0.321 e. The molecule has 25 heavy (non-hydrogen) atoms. The number of amides is 1. The Hall–Kier alpha value is -2.47. The second kappa shape index (κ2) is 7.61. The number of anilines is 1. The van der Waals surface area contributed by atoms with Crippen LogP contribution in [0.5, 0.6) is 0 Å². The first-order chi connectivity index (χ1) is 12.0. The Morgan fingerprint density at radius 1 is 1.24 bits per heavy atom. The molecule has 1 aromatic carbocycles. The van der Waals surface area contributed by atoms with Crippen molar-refractivity contribution in [2.75, 3.05) is 25.0 Å². The number of rotatable bonds is 5. The fourth-order valence-electron chi connectivity index (χ4n) is 3.19. The van der Waals surface area contributed by atoms with Gasteiger partial charge in [0.1, 0.15) is 5.69 Å². The molecule has 1 aliphatic rings. The van der Waals surface area contributed by atoms with Crippen LogP contribution in [0.3, 0.4) is 0 Å². The number of hydrogen-bond donors (Lipinski definition) is 2. The Labute approximate surface area is 147 Å². The van der Waals surface area contributed by atoms with Crippen LogP contribution in [0, 0.1) is 11.8 Å². The molecule has 2 heterocycles. The molecule has 0 aliphatic carbocycles. The fourth-order valence-corrected chi connectivity index (χ4v) is 3.19. The van der Waals surface area contributed by atoms with E-state index >= 15 is 0 Å². The number of carbonyl (C=O) groups excluding carboxylic acids is 1. The Morgan fingerprint density at radius 3 is 2.68 bits per heavy atom. The van der Waals surface area contributed by atoms with E-state index in [0.29, 0.717) is 0 Å². The molecule has 0 spiro atoms. The zero-order chi connectivity index (χ0) is 17.8. The zero-order valence-corrected chi connectivity index (χ0v) is 14.7. The number of aromatic amines is 1. The number of nitrogens with zero attached hydrogens (tertiary/aromatic N) is 2. The lowest BCUT2D eigenvalue weighted by Crippen LogP contribution is -2.23. The number of nitrogens with one attached hydrogen (secondary N) is 2. The van der Waals surface area contributed by atoms with E-state index in [0.717, 1.165) is 43.6 Å². The van der Waals surface area contributed by atoms with Crippen LogP contribution in [-0.2, 0) is 6.42 Å². The van der Waals surface area contributed by atoms with Crippen molar-refractivity contribution < 1.29 is 4.79 Å². The monoisotopic (exact) mass is 340 g/mol. The summed E-state index contributed by atoms with van der Waals surface area (Å²) in [6, 6.07) is 10.6. The predicted octanol–water partition coefficient (Wildman–Crippen LogP) is 2.15. The van der Waals surface area contributed by atoms with Gasteiger partial charge in [-0.1, -0.05) is 26.0 Å². The summed E-state index contributed by atoms with van der Waals surface area (Å²) in [6.45, 7) is 7.98. The average molecular weight is 340 g/mol. The maximum absolute atomic E-state index is 12.2. The summed E-state index contributed by atoms with van der Waals surface area (Å²) in [6.07, 6.45) is 0.958. The normalized spacial score (nSPS) is 20.6. The van der Waals surface area contributed by atoms with Gasteiger partial charge in [-0.25, -0.2) is 5.10 Å². The maximum atomic E-state index is 12.2. The van der Waals surface area contributed by atoms with Gasteiger partial charge in [0.05, 0.1) is 0 Å². The summed E-state index contributed by atoms with van der Waals surface area (Å²) in [4.78, 5) is 25.7. The van der Waals surface area contributed by atoms with Crippen LogP contribution in [0.2, 0.25) is 0 Å². The highest BCUT2D eigenvalue weighted by Crippen LogP contribution is 2.22. The summed E-state index contributed by atoms with van der Waals surface area (Å²) in [5.74, 6) is 1.18. The lowest BCUT2D eigenvalue weighted by molar-refractivity contribution is 0.102. The lowest BCUT2D eigenvalue weighted by Gasteiger charge is -2.15. The van der Waals surface area contributed by atoms with E-state index in [-0.39, 0.29) is 17.2 Å². The number of likely N-dealkylation sites (tertiary alicyclic amines) is 1. The van der Waals surface area contributed by atoms with Gasteiger partial charge in [0.25, 0.3) is 11.5 Å². The molecule has 1 aromatic heterocycles. The number of benzene rings is 1. The van der Waals surface area contributed by atoms with Gasteiger partial charge in [-0.2, -0.15) is 5.10 Å². The Kier molecular flexibility index (Phi) is 5.28. The predicted molar refractivity (Wildman–Crippen MR) is 97.7 cm³/mol. The molecular weight excluding hydrogens is 316 g/mol. The molecule has 0 saturated carbocycles. The average Bonchev–Trinajstić information content (AvgIpc) is 2.92. The minimum absolute atomic E-state index is 0.185. The molecule has 0 unspecified atom stereocenters. The number of aromatic nitrogens is 2. The molecule has 6 nitrogen and oxygen atoms in total. The molecule has 1 saturated heterocycles. The van der Waals surface area contributed by atoms with Crippen molar-refractivity contribution in [3.8, 4) is 0 Å². The van der Waals surface area contributed by atoms with Gasteiger partial charge in [-0.3, -0.25) is 9.59 Å². The minimum atomic E-state index is -0.337. The van der Waals surface area contributed by atoms with E-state index in [9.17, 15) is 9.59 Å². The van der Waals surface area contributed by atoms with Gasteiger partial charge in [0, 0.05) is 31.4 Å². The highest BCUT2D eigenvalue weighted by molar-refractivity contribution is 6.02. The number of hydrogen-bond acceptors (Lipinski definition) is 4. The van der Waals surface area contributed by atoms with E-state index in [4.69, 9.17) is 0 Å². The number of H-pyrrole nitrogens is 1. The lowest BCUT2D eigenvalue weighted by atomic mass is 10.0. The molecular formula is C19H24N4O2. The summed E-state index contributed by atoms with van der Waals surface area (Å²) in [7, 11) is 0. The summed E-state index contributed by atoms with van der Waals surface area (Å²) in [5, 5.41) is 8.83. The van der Waals surface area contributed by atoms with Crippen molar-refractivity contribution in [3.63, 3.8) is 0 Å². The topological polar surface area (TPSA) is 78.1 Å². The first-order valence-electron chi connectivity index (χ1n) is 8.69. The second-order valence-electron chi connectivity index (χ2n) is 6.93. The Balaban J connectivity index is 1.58. The van der Waals surface area contributed by atoms with E-state index in [1.165, 1.54) is 17.7 Å². The van der Waals surface area contributed by atoms with Crippen molar-refractivity contribution in [3.05, 3.63) is 58.0 Å². The quantitative estimate of drug-likeness (QED) is 0.874. The van der Waals surface area contributed by atoms with Gasteiger partial charge in [0.2, 0.25) is 0 Å². The van der Waals surface area contributed by atoms with Crippen LogP contribution in [0.4, 0.5) is 5.69 Å². The molecule has 2 N–H and O–H groups in total. The van der Waals surface area contributed by atoms with Crippen LogP contribution < -0.4 is 10.9 Å². The molecule has 3 rings (SSSR count). The summed E-state index contributed by atoms with van der Waals surface area (Å²) in [5.41, 5.74) is 1.78. The Morgan fingerprint density at radius 2 is 2.00 bits per heavy atom. The molecule has 0 radical (unpaired) electrons. The van der Waals surface area contributed by atoms with Gasteiger partial charge >= 0.3 is 0 Å². The fraction of sp³-hybridized carbons (Fsp3) is 0.421. The third-order valence-electron chi connectivity index (χ3n) is 4.88. The Bertz CT molecular complexity index is 772. The van der Waals surface area contributed by atoms with Crippen molar-refractivity contribution in [2.45, 2.75) is 20.3 Å². The van der Waals surface area contributed by atoms with Crippen LogP contribution in [0.25, 0.3) is 0 Å².